The maximum atomic E-state index is 12.8. The van der Waals surface area contributed by atoms with E-state index < -0.39 is 0 Å². The lowest BCUT2D eigenvalue weighted by Crippen LogP contribution is -2.12. The fourth-order valence-corrected chi connectivity index (χ4v) is 4.27. The molecule has 0 fully saturated rings. The van der Waals surface area contributed by atoms with Gasteiger partial charge >= 0.3 is 0 Å². The van der Waals surface area contributed by atoms with Crippen molar-refractivity contribution in [2.24, 2.45) is 0 Å². The van der Waals surface area contributed by atoms with Gasteiger partial charge in [0.05, 0.1) is 24.5 Å². The van der Waals surface area contributed by atoms with Crippen LogP contribution in [0.5, 0.6) is 11.5 Å². The summed E-state index contributed by atoms with van der Waals surface area (Å²) in [5.74, 6) is 1.23. The number of hydrogen-bond donors (Lipinski definition) is 2. The van der Waals surface area contributed by atoms with Gasteiger partial charge in [-0.3, -0.25) is 9.59 Å². The largest absolute Gasteiger partial charge is 0.493 e. The van der Waals surface area contributed by atoms with E-state index in [1.807, 2.05) is 18.2 Å². The minimum Gasteiger partial charge on any atom is -0.493 e. The van der Waals surface area contributed by atoms with Crippen LogP contribution in [0.1, 0.15) is 15.2 Å². The number of ether oxygens (including phenoxy) is 2. The number of thiophene rings is 1. The van der Waals surface area contributed by atoms with Crippen LogP contribution in [0.4, 0.5) is 5.69 Å². The van der Waals surface area contributed by atoms with E-state index in [9.17, 15) is 9.59 Å². The highest BCUT2D eigenvalue weighted by molar-refractivity contribution is 7.20. The summed E-state index contributed by atoms with van der Waals surface area (Å²) >= 11 is 1.19. The molecule has 7 nitrogen and oxygen atoms in total. The molecule has 8 heteroatoms. The third kappa shape index (κ3) is 3.53. The van der Waals surface area contributed by atoms with Gasteiger partial charge in [-0.05, 0) is 42.8 Å². The monoisotopic (exact) mass is 421 g/mol. The third-order valence-corrected chi connectivity index (χ3v) is 5.88. The molecule has 0 unspecified atom stereocenters. The van der Waals surface area contributed by atoms with Crippen LogP contribution < -0.4 is 20.3 Å². The van der Waals surface area contributed by atoms with Gasteiger partial charge in [-0.1, -0.05) is 18.2 Å². The first kappa shape index (κ1) is 19.7. The maximum absolute atomic E-state index is 12.8. The Morgan fingerprint density at radius 3 is 2.50 bits per heavy atom. The Labute approximate surface area is 176 Å². The van der Waals surface area contributed by atoms with Crippen molar-refractivity contribution in [1.82, 2.24) is 9.97 Å². The number of aromatic nitrogens is 2. The summed E-state index contributed by atoms with van der Waals surface area (Å²) in [4.78, 5) is 33.9. The summed E-state index contributed by atoms with van der Waals surface area (Å²) in [7, 11) is 3.10. The molecule has 2 aromatic carbocycles. The van der Waals surface area contributed by atoms with E-state index in [-0.39, 0.29) is 11.5 Å². The molecule has 0 radical (unpaired) electrons. The Balaban J connectivity index is 1.76. The molecule has 0 saturated heterocycles. The zero-order valence-corrected chi connectivity index (χ0v) is 17.4. The van der Waals surface area contributed by atoms with Gasteiger partial charge in [0.1, 0.15) is 10.7 Å². The number of anilines is 1. The second kappa shape index (κ2) is 8.00. The molecule has 0 saturated carbocycles. The number of hydrogen-bond acceptors (Lipinski definition) is 6. The number of aromatic amines is 1. The molecule has 2 N–H and O–H groups in total. The zero-order chi connectivity index (χ0) is 21.3. The third-order valence-electron chi connectivity index (χ3n) is 4.70. The van der Waals surface area contributed by atoms with Crippen LogP contribution in [-0.2, 0) is 0 Å². The molecule has 0 aliphatic heterocycles. The molecule has 2 aromatic heterocycles. The van der Waals surface area contributed by atoms with Crippen molar-refractivity contribution in [2.75, 3.05) is 19.5 Å². The molecule has 0 aliphatic carbocycles. The topological polar surface area (TPSA) is 93.3 Å². The van der Waals surface area contributed by atoms with E-state index >= 15 is 0 Å². The van der Waals surface area contributed by atoms with Crippen LogP contribution in [-0.4, -0.2) is 30.1 Å². The molecule has 4 rings (SSSR count). The number of fused-ring (bicyclic) bond motifs is 1. The van der Waals surface area contributed by atoms with Gasteiger partial charge in [0.2, 0.25) is 0 Å². The van der Waals surface area contributed by atoms with E-state index in [0.717, 1.165) is 0 Å². The van der Waals surface area contributed by atoms with E-state index in [1.54, 1.807) is 51.5 Å². The molecular formula is C22H19N3O4S. The Hall–Kier alpha value is -3.65. The molecule has 30 heavy (non-hydrogen) atoms. The van der Waals surface area contributed by atoms with E-state index in [2.05, 4.69) is 15.3 Å². The number of nitrogens with zero attached hydrogens (tertiary/aromatic N) is 1. The van der Waals surface area contributed by atoms with Crippen molar-refractivity contribution in [2.45, 2.75) is 6.92 Å². The van der Waals surface area contributed by atoms with Crippen LogP contribution in [0.15, 0.2) is 53.3 Å². The van der Waals surface area contributed by atoms with Crippen molar-refractivity contribution in [3.8, 4) is 22.9 Å². The van der Waals surface area contributed by atoms with Gasteiger partial charge in [0.25, 0.3) is 11.5 Å². The number of benzene rings is 2. The lowest BCUT2D eigenvalue weighted by Gasteiger charge is -2.09. The van der Waals surface area contributed by atoms with Crippen LogP contribution >= 0.6 is 11.3 Å². The fraction of sp³-hybridized carbons (Fsp3) is 0.136. The van der Waals surface area contributed by atoms with Crippen LogP contribution in [0.25, 0.3) is 21.6 Å². The Morgan fingerprint density at radius 2 is 1.80 bits per heavy atom. The minimum atomic E-state index is -0.294. The molecule has 0 aliphatic rings. The van der Waals surface area contributed by atoms with Crippen LogP contribution in [0, 0.1) is 6.92 Å². The number of nitrogens with one attached hydrogen (secondary N) is 2. The summed E-state index contributed by atoms with van der Waals surface area (Å²) in [5, 5.41) is 3.27. The number of amides is 1. The summed E-state index contributed by atoms with van der Waals surface area (Å²) in [5.41, 5.74) is 1.67. The number of carbonyl (C=O) groups excluding carboxylic acids is 1. The number of rotatable bonds is 5. The summed E-state index contributed by atoms with van der Waals surface area (Å²) in [6.07, 6.45) is 0. The Kier molecular flexibility index (Phi) is 5.24. The van der Waals surface area contributed by atoms with Crippen molar-refractivity contribution in [1.29, 1.82) is 0 Å². The molecule has 152 valence electrons. The molecule has 0 bridgehead atoms. The lowest BCUT2D eigenvalue weighted by molar-refractivity contribution is 0.103. The van der Waals surface area contributed by atoms with Gasteiger partial charge in [0.15, 0.2) is 11.5 Å². The van der Waals surface area contributed by atoms with Gasteiger partial charge in [0, 0.05) is 11.3 Å². The number of para-hydroxylation sites is 1. The molecule has 1 amide bonds. The van der Waals surface area contributed by atoms with Gasteiger partial charge < -0.3 is 19.8 Å². The molecule has 4 aromatic rings. The van der Waals surface area contributed by atoms with Gasteiger partial charge in [-0.2, -0.15) is 0 Å². The first-order valence-corrected chi connectivity index (χ1v) is 9.95. The SMILES string of the molecule is COc1ccc(-c2nc3sc(C(=O)Nc4ccccc4)c(C)c3c(=O)[nH]2)cc1OC. The summed E-state index contributed by atoms with van der Waals surface area (Å²) in [6, 6.07) is 14.4. The summed E-state index contributed by atoms with van der Waals surface area (Å²) < 4.78 is 10.6. The minimum absolute atomic E-state index is 0.270. The Morgan fingerprint density at radius 1 is 1.07 bits per heavy atom. The van der Waals surface area contributed by atoms with Crippen molar-refractivity contribution >= 4 is 33.1 Å². The summed E-state index contributed by atoms with van der Waals surface area (Å²) in [6.45, 7) is 1.76. The average molecular weight is 421 g/mol. The van der Waals surface area contributed by atoms with E-state index in [1.165, 1.54) is 11.3 Å². The van der Waals surface area contributed by atoms with Crippen molar-refractivity contribution in [3.05, 3.63) is 69.3 Å². The number of carbonyl (C=O) groups is 1. The molecule has 0 atom stereocenters. The molecule has 2 heterocycles. The first-order valence-electron chi connectivity index (χ1n) is 9.14. The predicted molar refractivity (Wildman–Crippen MR) is 118 cm³/mol. The maximum Gasteiger partial charge on any atom is 0.266 e. The number of H-pyrrole nitrogens is 1. The van der Waals surface area contributed by atoms with Gasteiger partial charge in [-0.25, -0.2) is 4.98 Å². The van der Waals surface area contributed by atoms with Gasteiger partial charge in [-0.15, -0.1) is 11.3 Å². The average Bonchev–Trinajstić information content (AvgIpc) is 3.11. The molecule has 0 spiro atoms. The highest BCUT2D eigenvalue weighted by Crippen LogP contribution is 2.33. The quantitative estimate of drug-likeness (QED) is 0.503. The highest BCUT2D eigenvalue weighted by Gasteiger charge is 2.20. The highest BCUT2D eigenvalue weighted by atomic mass is 32.1. The fourth-order valence-electron chi connectivity index (χ4n) is 3.19. The first-order chi connectivity index (χ1) is 14.5. The number of methoxy groups -OCH3 is 2. The smallest absolute Gasteiger partial charge is 0.266 e. The Bertz CT molecular complexity index is 1300. The predicted octanol–water partition coefficient (Wildman–Crippen LogP) is 4.23. The van der Waals surface area contributed by atoms with Crippen LogP contribution in [0.2, 0.25) is 0 Å². The van der Waals surface area contributed by atoms with E-state index in [0.29, 0.717) is 49.2 Å². The normalized spacial score (nSPS) is 10.8. The second-order valence-corrected chi connectivity index (χ2v) is 7.54. The zero-order valence-electron chi connectivity index (χ0n) is 16.6. The second-order valence-electron chi connectivity index (χ2n) is 6.54. The van der Waals surface area contributed by atoms with E-state index in [4.69, 9.17) is 9.47 Å². The lowest BCUT2D eigenvalue weighted by atomic mass is 10.1. The van der Waals surface area contributed by atoms with Crippen molar-refractivity contribution in [3.63, 3.8) is 0 Å². The molecular weight excluding hydrogens is 402 g/mol. The van der Waals surface area contributed by atoms with Crippen LogP contribution in [0.3, 0.4) is 0 Å². The number of aryl methyl sites for hydroxylation is 1. The standard InChI is InChI=1S/C22H19N3O4S/c1-12-17-20(26)24-19(13-9-10-15(28-2)16(11-13)29-3)25-22(17)30-18(12)21(27)23-14-7-5-4-6-8-14/h4-11H,1-3H3,(H,23,27)(H,24,25,26). The van der Waals surface area contributed by atoms with Crippen molar-refractivity contribution < 1.29 is 14.3 Å².